The number of carbonyl (C=O) groups excluding carboxylic acids is 1. The van der Waals surface area contributed by atoms with Crippen LogP contribution in [-0.4, -0.2) is 28.5 Å². The van der Waals surface area contributed by atoms with Crippen molar-refractivity contribution in [3.63, 3.8) is 0 Å². The van der Waals surface area contributed by atoms with Crippen LogP contribution in [-0.2, 0) is 6.42 Å². The number of nitrogens with zero attached hydrogens (tertiary/aromatic N) is 2. The van der Waals surface area contributed by atoms with E-state index in [1.165, 1.54) is 6.33 Å². The van der Waals surface area contributed by atoms with Crippen molar-refractivity contribution in [3.05, 3.63) is 51.9 Å². The summed E-state index contributed by atoms with van der Waals surface area (Å²) in [6.45, 7) is 4.42. The van der Waals surface area contributed by atoms with Crippen LogP contribution in [0.3, 0.4) is 0 Å². The van der Waals surface area contributed by atoms with Crippen molar-refractivity contribution in [3.8, 4) is 0 Å². The number of rotatable bonds is 6. The minimum Gasteiger partial charge on any atom is -0.370 e. The smallest absolute Gasteiger partial charge is 0.270 e. The molecular formula is C16H18Cl2N4O. The standard InChI is InChI=1S/C16H18Cl2N4O/c1-10(2)22-16(23)14-8-15(21-9-20-14)19-6-5-11-3-4-12(17)7-13(11)18/h3-4,7-10H,5-6H2,1-2H3,(H,22,23)(H,19,20,21). The predicted molar refractivity (Wildman–Crippen MR) is 93.3 cm³/mol. The fraction of sp³-hybridized carbons (Fsp3) is 0.312. The third kappa shape index (κ3) is 5.37. The van der Waals surface area contributed by atoms with Gasteiger partial charge in [0, 0.05) is 28.7 Å². The number of nitrogens with one attached hydrogen (secondary N) is 2. The fourth-order valence-electron chi connectivity index (χ4n) is 1.96. The van der Waals surface area contributed by atoms with Crippen molar-refractivity contribution >= 4 is 34.9 Å². The van der Waals surface area contributed by atoms with Gasteiger partial charge in [-0.15, -0.1) is 0 Å². The zero-order valence-electron chi connectivity index (χ0n) is 12.9. The first kappa shape index (κ1) is 17.5. The number of aromatic nitrogens is 2. The Balaban J connectivity index is 1.94. The molecule has 2 N–H and O–H groups in total. The van der Waals surface area contributed by atoms with Crippen molar-refractivity contribution in [1.29, 1.82) is 0 Å². The topological polar surface area (TPSA) is 66.9 Å². The zero-order valence-corrected chi connectivity index (χ0v) is 14.4. The minimum absolute atomic E-state index is 0.0564. The second-order valence-electron chi connectivity index (χ2n) is 5.33. The number of halogens is 2. The third-order valence-electron chi connectivity index (χ3n) is 3.04. The maximum absolute atomic E-state index is 11.9. The molecule has 7 heteroatoms. The molecule has 0 saturated heterocycles. The number of amides is 1. The Kier molecular flexibility index (Phi) is 6.19. The number of hydrogen-bond acceptors (Lipinski definition) is 4. The summed E-state index contributed by atoms with van der Waals surface area (Å²) in [5.41, 5.74) is 1.33. The van der Waals surface area contributed by atoms with Crippen LogP contribution in [0.5, 0.6) is 0 Å². The molecule has 0 aliphatic carbocycles. The molecule has 1 aromatic carbocycles. The van der Waals surface area contributed by atoms with Gasteiger partial charge in [-0.3, -0.25) is 4.79 Å². The van der Waals surface area contributed by atoms with Crippen molar-refractivity contribution in [2.75, 3.05) is 11.9 Å². The van der Waals surface area contributed by atoms with Crippen molar-refractivity contribution in [2.45, 2.75) is 26.3 Å². The van der Waals surface area contributed by atoms with Crippen LogP contribution in [0.2, 0.25) is 10.0 Å². The molecule has 1 aromatic heterocycles. The fourth-order valence-corrected chi connectivity index (χ4v) is 2.47. The van der Waals surface area contributed by atoms with Gasteiger partial charge in [-0.2, -0.15) is 0 Å². The SMILES string of the molecule is CC(C)NC(=O)c1cc(NCCc2ccc(Cl)cc2Cl)ncn1. The van der Waals surface area contributed by atoms with Crippen LogP contribution in [0.25, 0.3) is 0 Å². The van der Waals surface area contributed by atoms with Crippen LogP contribution in [0, 0.1) is 0 Å². The normalized spacial score (nSPS) is 10.7. The average Bonchev–Trinajstić information content (AvgIpc) is 2.49. The van der Waals surface area contributed by atoms with E-state index in [1.54, 1.807) is 12.1 Å². The molecule has 122 valence electrons. The summed E-state index contributed by atoms with van der Waals surface area (Å²) in [6.07, 6.45) is 2.08. The van der Waals surface area contributed by atoms with Gasteiger partial charge in [-0.05, 0) is 38.0 Å². The lowest BCUT2D eigenvalue weighted by atomic mass is 10.1. The summed E-state index contributed by atoms with van der Waals surface area (Å²) >= 11 is 12.0. The van der Waals surface area contributed by atoms with E-state index in [9.17, 15) is 4.79 Å². The summed E-state index contributed by atoms with van der Waals surface area (Å²) in [7, 11) is 0. The number of carbonyl (C=O) groups is 1. The molecule has 0 saturated carbocycles. The van der Waals surface area contributed by atoms with E-state index in [2.05, 4.69) is 20.6 Å². The Morgan fingerprint density at radius 2 is 2.00 bits per heavy atom. The lowest BCUT2D eigenvalue weighted by molar-refractivity contribution is 0.0938. The van der Waals surface area contributed by atoms with Gasteiger partial charge in [0.2, 0.25) is 0 Å². The number of hydrogen-bond donors (Lipinski definition) is 2. The summed E-state index contributed by atoms with van der Waals surface area (Å²) < 4.78 is 0. The van der Waals surface area contributed by atoms with Crippen LogP contribution >= 0.6 is 23.2 Å². The van der Waals surface area contributed by atoms with Crippen LogP contribution in [0.15, 0.2) is 30.6 Å². The Bertz CT molecular complexity index is 692. The van der Waals surface area contributed by atoms with E-state index in [1.807, 2.05) is 26.0 Å². The number of anilines is 1. The first-order valence-corrected chi connectivity index (χ1v) is 8.02. The molecule has 2 rings (SSSR count). The van der Waals surface area contributed by atoms with Gasteiger partial charge in [-0.1, -0.05) is 29.3 Å². The Morgan fingerprint density at radius 3 is 2.70 bits per heavy atom. The second-order valence-corrected chi connectivity index (χ2v) is 6.17. The highest BCUT2D eigenvalue weighted by Gasteiger charge is 2.09. The Hall–Kier alpha value is -1.85. The first-order valence-electron chi connectivity index (χ1n) is 7.26. The van der Waals surface area contributed by atoms with Gasteiger partial charge in [0.1, 0.15) is 17.8 Å². The van der Waals surface area contributed by atoms with Gasteiger partial charge in [0.05, 0.1) is 0 Å². The highest BCUT2D eigenvalue weighted by molar-refractivity contribution is 6.35. The molecule has 0 fully saturated rings. The van der Waals surface area contributed by atoms with Crippen LogP contribution in [0.4, 0.5) is 5.82 Å². The van der Waals surface area contributed by atoms with Crippen molar-refractivity contribution < 1.29 is 4.79 Å². The summed E-state index contributed by atoms with van der Waals surface area (Å²) in [5.74, 6) is 0.380. The lowest BCUT2D eigenvalue weighted by Crippen LogP contribution is -2.30. The van der Waals surface area contributed by atoms with E-state index >= 15 is 0 Å². The molecule has 0 radical (unpaired) electrons. The quantitative estimate of drug-likeness (QED) is 0.833. The molecule has 1 amide bonds. The van der Waals surface area contributed by atoms with Gasteiger partial charge in [0.25, 0.3) is 5.91 Å². The summed E-state index contributed by atoms with van der Waals surface area (Å²) in [6, 6.07) is 7.11. The van der Waals surface area contributed by atoms with E-state index in [-0.39, 0.29) is 11.9 Å². The van der Waals surface area contributed by atoms with E-state index in [0.29, 0.717) is 34.5 Å². The molecule has 0 aliphatic rings. The molecule has 1 heterocycles. The minimum atomic E-state index is -0.216. The van der Waals surface area contributed by atoms with Gasteiger partial charge >= 0.3 is 0 Å². The largest absolute Gasteiger partial charge is 0.370 e. The maximum Gasteiger partial charge on any atom is 0.270 e. The third-order valence-corrected chi connectivity index (χ3v) is 3.62. The first-order chi connectivity index (χ1) is 11.0. The molecular weight excluding hydrogens is 335 g/mol. The monoisotopic (exact) mass is 352 g/mol. The number of benzene rings is 1. The summed E-state index contributed by atoms with van der Waals surface area (Å²) in [5, 5.41) is 7.21. The predicted octanol–water partition coefficient (Wildman–Crippen LogP) is 3.58. The Labute approximate surface area is 145 Å². The molecule has 0 atom stereocenters. The molecule has 0 aliphatic heterocycles. The highest BCUT2D eigenvalue weighted by atomic mass is 35.5. The van der Waals surface area contributed by atoms with Crippen LogP contribution in [0.1, 0.15) is 29.9 Å². The van der Waals surface area contributed by atoms with Crippen molar-refractivity contribution in [1.82, 2.24) is 15.3 Å². The van der Waals surface area contributed by atoms with E-state index < -0.39 is 0 Å². The van der Waals surface area contributed by atoms with Crippen LogP contribution < -0.4 is 10.6 Å². The lowest BCUT2D eigenvalue weighted by Gasteiger charge is -2.10. The summed E-state index contributed by atoms with van der Waals surface area (Å²) in [4.78, 5) is 20.0. The van der Waals surface area contributed by atoms with Gasteiger partial charge < -0.3 is 10.6 Å². The molecule has 0 bridgehead atoms. The zero-order chi connectivity index (χ0) is 16.8. The molecule has 23 heavy (non-hydrogen) atoms. The Morgan fingerprint density at radius 1 is 1.22 bits per heavy atom. The second kappa shape index (κ2) is 8.13. The van der Waals surface area contributed by atoms with Crippen molar-refractivity contribution in [2.24, 2.45) is 0 Å². The molecule has 5 nitrogen and oxygen atoms in total. The molecule has 2 aromatic rings. The van der Waals surface area contributed by atoms with E-state index in [0.717, 1.165) is 5.56 Å². The highest BCUT2D eigenvalue weighted by Crippen LogP contribution is 2.21. The van der Waals surface area contributed by atoms with E-state index in [4.69, 9.17) is 23.2 Å². The average molecular weight is 353 g/mol. The van der Waals surface area contributed by atoms with Gasteiger partial charge in [0.15, 0.2) is 0 Å². The maximum atomic E-state index is 11.9. The van der Waals surface area contributed by atoms with Gasteiger partial charge in [-0.25, -0.2) is 9.97 Å². The molecule has 0 unspecified atom stereocenters. The molecule has 0 spiro atoms.